The molecule has 0 amide bonds. The van der Waals surface area contributed by atoms with E-state index < -0.39 is 38.7 Å². The Kier molecular flexibility index (Phi) is 6.38. The third-order valence-electron chi connectivity index (χ3n) is 2.67. The van der Waals surface area contributed by atoms with Gasteiger partial charge in [-0.15, -0.1) is 0 Å². The second-order valence-corrected chi connectivity index (χ2v) is 7.05. The fraction of sp³-hybridized carbons (Fsp3) is 0.500. The third-order valence-corrected chi connectivity index (χ3v) is 5.01. The molecule has 0 bridgehead atoms. The van der Waals surface area contributed by atoms with Crippen LogP contribution in [0.25, 0.3) is 0 Å². The molecule has 0 aliphatic heterocycles. The average molecular weight is 325 g/mol. The number of aliphatic hydroxyl groups is 1. The van der Waals surface area contributed by atoms with Crippen LogP contribution in [-0.2, 0) is 16.6 Å². The molecule has 1 aromatic carbocycles. The van der Waals surface area contributed by atoms with Gasteiger partial charge in [0.25, 0.3) is 0 Å². The Balaban J connectivity index is 2.99. The monoisotopic (exact) mass is 325 g/mol. The minimum absolute atomic E-state index is 0.0839. The zero-order valence-corrected chi connectivity index (χ0v) is 12.8. The van der Waals surface area contributed by atoms with E-state index in [9.17, 15) is 17.2 Å². The number of aliphatic hydroxyl groups excluding tert-OH is 1. The normalized spacial score (nSPS) is 13.4. The Hall–Kier alpha value is -0.700. The summed E-state index contributed by atoms with van der Waals surface area (Å²) >= 11 is 1.58. The first-order valence-corrected chi connectivity index (χ1v) is 8.77. The second-order valence-electron chi connectivity index (χ2n) is 4.41. The maximum Gasteiger partial charge on any atom is 0.243 e. The Morgan fingerprint density at radius 2 is 2.05 bits per heavy atom. The Labute approximate surface area is 121 Å². The van der Waals surface area contributed by atoms with Gasteiger partial charge in [0.1, 0.15) is 10.7 Å². The first kappa shape index (κ1) is 17.4. The van der Waals surface area contributed by atoms with E-state index in [1.165, 1.54) is 0 Å². The second kappa shape index (κ2) is 7.35. The van der Waals surface area contributed by atoms with Gasteiger partial charge in [0.05, 0.1) is 12.2 Å². The molecule has 0 spiro atoms. The largest absolute Gasteiger partial charge is 0.391 e. The molecule has 1 rings (SSSR count). The molecule has 0 heterocycles. The number of rotatable bonds is 7. The molecule has 2 N–H and O–H groups in total. The van der Waals surface area contributed by atoms with Crippen molar-refractivity contribution in [3.63, 3.8) is 0 Å². The van der Waals surface area contributed by atoms with Gasteiger partial charge in [0.15, 0.2) is 5.82 Å². The summed E-state index contributed by atoms with van der Waals surface area (Å²) in [4.78, 5) is -0.653. The van der Waals surface area contributed by atoms with E-state index in [4.69, 9.17) is 5.11 Å². The van der Waals surface area contributed by atoms with E-state index >= 15 is 0 Å². The van der Waals surface area contributed by atoms with Gasteiger partial charge in [-0.25, -0.2) is 21.9 Å². The van der Waals surface area contributed by atoms with Crippen molar-refractivity contribution in [2.45, 2.75) is 18.4 Å². The third kappa shape index (κ3) is 4.15. The summed E-state index contributed by atoms with van der Waals surface area (Å²) < 4.78 is 53.3. The van der Waals surface area contributed by atoms with Crippen molar-refractivity contribution in [3.8, 4) is 0 Å². The summed E-state index contributed by atoms with van der Waals surface area (Å²) in [6.45, 7) is 1.12. The predicted molar refractivity (Wildman–Crippen MR) is 75.0 cm³/mol. The molecule has 114 valence electrons. The van der Waals surface area contributed by atoms with Gasteiger partial charge >= 0.3 is 0 Å². The predicted octanol–water partition coefficient (Wildman–Crippen LogP) is 1.73. The molecule has 0 saturated carbocycles. The lowest BCUT2D eigenvalue weighted by Crippen LogP contribution is -2.30. The molecule has 1 aromatic rings. The van der Waals surface area contributed by atoms with Gasteiger partial charge in [0.2, 0.25) is 10.0 Å². The van der Waals surface area contributed by atoms with Crippen molar-refractivity contribution in [3.05, 3.63) is 29.3 Å². The summed E-state index contributed by atoms with van der Waals surface area (Å²) in [5, 5.41) is 8.88. The number of hydrogen-bond acceptors (Lipinski definition) is 4. The van der Waals surface area contributed by atoms with Crippen molar-refractivity contribution < 1.29 is 22.3 Å². The molecule has 1 atom stereocenters. The van der Waals surface area contributed by atoms with E-state index in [-0.39, 0.29) is 12.5 Å². The highest BCUT2D eigenvalue weighted by molar-refractivity contribution is 7.98. The highest BCUT2D eigenvalue weighted by Crippen LogP contribution is 2.21. The maximum atomic E-state index is 13.9. The van der Waals surface area contributed by atoms with Crippen molar-refractivity contribution in [2.75, 3.05) is 18.6 Å². The van der Waals surface area contributed by atoms with Crippen LogP contribution in [0.2, 0.25) is 0 Å². The fourth-order valence-electron chi connectivity index (χ4n) is 1.60. The molecule has 0 saturated heterocycles. The number of benzene rings is 1. The van der Waals surface area contributed by atoms with Gasteiger partial charge in [-0.05, 0) is 30.1 Å². The summed E-state index contributed by atoms with van der Waals surface area (Å²) in [5.41, 5.74) is -0.648. The minimum atomic E-state index is -4.07. The molecule has 0 aromatic heterocycles. The van der Waals surface area contributed by atoms with Gasteiger partial charge < -0.3 is 5.11 Å². The minimum Gasteiger partial charge on any atom is -0.391 e. The number of thioether (sulfide) groups is 1. The smallest absolute Gasteiger partial charge is 0.243 e. The molecular formula is C12H17F2NO3S2. The first-order valence-electron chi connectivity index (χ1n) is 5.89. The number of halogens is 2. The van der Waals surface area contributed by atoms with E-state index in [0.29, 0.717) is 0 Å². The zero-order valence-electron chi connectivity index (χ0n) is 11.2. The quantitative estimate of drug-likeness (QED) is 0.801. The van der Waals surface area contributed by atoms with Crippen LogP contribution in [0, 0.1) is 17.6 Å². The van der Waals surface area contributed by atoms with Crippen molar-refractivity contribution in [1.29, 1.82) is 0 Å². The van der Waals surface area contributed by atoms with E-state index in [2.05, 4.69) is 4.72 Å². The van der Waals surface area contributed by atoms with Crippen molar-refractivity contribution in [2.24, 2.45) is 5.92 Å². The summed E-state index contributed by atoms with van der Waals surface area (Å²) in [5.74, 6) is -1.38. The van der Waals surface area contributed by atoms with Crippen LogP contribution in [0.3, 0.4) is 0 Å². The zero-order chi connectivity index (χ0) is 15.3. The Morgan fingerprint density at radius 3 is 2.60 bits per heavy atom. The van der Waals surface area contributed by atoms with Crippen LogP contribution >= 0.6 is 11.8 Å². The van der Waals surface area contributed by atoms with Crippen LogP contribution in [0.1, 0.15) is 12.5 Å². The fourth-order valence-corrected chi connectivity index (χ4v) is 3.55. The van der Waals surface area contributed by atoms with Gasteiger partial charge in [0, 0.05) is 6.54 Å². The summed E-state index contributed by atoms with van der Waals surface area (Å²) in [6, 6.07) is 1.68. The van der Waals surface area contributed by atoms with Gasteiger partial charge in [-0.1, -0.05) is 6.92 Å². The van der Waals surface area contributed by atoms with Crippen LogP contribution < -0.4 is 4.72 Å². The lowest BCUT2D eigenvalue weighted by molar-refractivity contribution is 0.267. The standard InChI is InChI=1S/C12H17F2NO3S2/c1-8(7-19-2)5-15-20(17,18)11-4-3-10(13)9(6-16)12(11)14/h3-4,8,15-16H,5-7H2,1-2H3. The molecule has 8 heteroatoms. The number of nitrogens with one attached hydrogen (secondary N) is 1. The first-order chi connectivity index (χ1) is 9.33. The molecule has 1 unspecified atom stereocenters. The molecule has 0 aliphatic rings. The van der Waals surface area contributed by atoms with Crippen LogP contribution in [0.15, 0.2) is 17.0 Å². The molecule has 0 fully saturated rings. The van der Waals surface area contributed by atoms with Gasteiger partial charge in [-0.2, -0.15) is 11.8 Å². The maximum absolute atomic E-state index is 13.9. The number of sulfonamides is 1. The molecule has 20 heavy (non-hydrogen) atoms. The summed E-state index contributed by atoms with van der Waals surface area (Å²) in [6.07, 6.45) is 1.90. The highest BCUT2D eigenvalue weighted by Gasteiger charge is 2.23. The van der Waals surface area contributed by atoms with E-state index in [1.807, 2.05) is 13.2 Å². The molecular weight excluding hydrogens is 308 g/mol. The van der Waals surface area contributed by atoms with E-state index in [1.54, 1.807) is 11.8 Å². The van der Waals surface area contributed by atoms with E-state index in [0.717, 1.165) is 17.9 Å². The lowest BCUT2D eigenvalue weighted by Gasteiger charge is -2.13. The molecule has 4 nitrogen and oxygen atoms in total. The van der Waals surface area contributed by atoms with Gasteiger partial charge in [-0.3, -0.25) is 0 Å². The van der Waals surface area contributed by atoms with Crippen molar-refractivity contribution in [1.82, 2.24) is 4.72 Å². The summed E-state index contributed by atoms with van der Waals surface area (Å²) in [7, 11) is -4.07. The highest BCUT2D eigenvalue weighted by atomic mass is 32.2. The Morgan fingerprint density at radius 1 is 1.40 bits per heavy atom. The van der Waals surface area contributed by atoms with Crippen LogP contribution in [0.5, 0.6) is 0 Å². The van der Waals surface area contributed by atoms with Crippen molar-refractivity contribution >= 4 is 21.8 Å². The van der Waals surface area contributed by atoms with Crippen LogP contribution in [0.4, 0.5) is 8.78 Å². The number of hydrogen-bond donors (Lipinski definition) is 2. The SMILES string of the molecule is CSCC(C)CNS(=O)(=O)c1ccc(F)c(CO)c1F. The lowest BCUT2D eigenvalue weighted by atomic mass is 10.2. The Bertz CT molecular complexity index is 564. The van der Waals surface area contributed by atoms with Crippen LogP contribution in [-0.4, -0.2) is 32.1 Å². The molecule has 0 radical (unpaired) electrons. The molecule has 0 aliphatic carbocycles. The average Bonchev–Trinajstić information content (AvgIpc) is 2.37. The topological polar surface area (TPSA) is 66.4 Å².